The fourth-order valence-corrected chi connectivity index (χ4v) is 2.01. The number of pyridine rings is 1. The van der Waals surface area contributed by atoms with E-state index in [9.17, 15) is 9.50 Å². The van der Waals surface area contributed by atoms with Crippen LogP contribution in [0.25, 0.3) is 0 Å². The zero-order valence-electron chi connectivity index (χ0n) is 9.68. The Balaban J connectivity index is 2.03. The number of hydrogen-bond donors (Lipinski definition) is 1. The van der Waals surface area contributed by atoms with E-state index in [-0.39, 0.29) is 5.82 Å². The lowest BCUT2D eigenvalue weighted by Gasteiger charge is -2.11. The van der Waals surface area contributed by atoms with Crippen molar-refractivity contribution in [2.75, 3.05) is 0 Å². The SMILES string of the molecule is OC(Cc1ccncc1)Cc1cc(F)ccc1Cl. The van der Waals surface area contributed by atoms with Crippen LogP contribution in [0.2, 0.25) is 5.02 Å². The molecule has 1 aromatic carbocycles. The lowest BCUT2D eigenvalue weighted by molar-refractivity contribution is 0.175. The van der Waals surface area contributed by atoms with Gasteiger partial charge in [0.15, 0.2) is 0 Å². The molecule has 2 rings (SSSR count). The van der Waals surface area contributed by atoms with E-state index in [1.165, 1.54) is 18.2 Å². The average Bonchev–Trinajstić information content (AvgIpc) is 2.35. The minimum atomic E-state index is -0.591. The van der Waals surface area contributed by atoms with Crippen LogP contribution >= 0.6 is 11.6 Å². The highest BCUT2D eigenvalue weighted by molar-refractivity contribution is 6.31. The third kappa shape index (κ3) is 3.52. The van der Waals surface area contributed by atoms with Crippen molar-refractivity contribution in [2.45, 2.75) is 18.9 Å². The Labute approximate surface area is 110 Å². The molecule has 1 unspecified atom stereocenters. The number of aliphatic hydroxyl groups is 1. The first kappa shape index (κ1) is 13.0. The van der Waals surface area contributed by atoms with Gasteiger partial charge in [-0.1, -0.05) is 11.6 Å². The van der Waals surface area contributed by atoms with Crippen molar-refractivity contribution in [3.05, 3.63) is 64.7 Å². The van der Waals surface area contributed by atoms with Gasteiger partial charge in [-0.05, 0) is 47.9 Å². The van der Waals surface area contributed by atoms with Crippen LogP contribution in [-0.2, 0) is 12.8 Å². The van der Waals surface area contributed by atoms with Crippen LogP contribution in [0.15, 0.2) is 42.7 Å². The van der Waals surface area contributed by atoms with Crippen molar-refractivity contribution < 1.29 is 9.50 Å². The fourth-order valence-electron chi connectivity index (χ4n) is 1.82. The van der Waals surface area contributed by atoms with Gasteiger partial charge in [-0.3, -0.25) is 4.98 Å². The Hall–Kier alpha value is -1.45. The lowest BCUT2D eigenvalue weighted by Crippen LogP contribution is -2.14. The molecule has 1 heterocycles. The Kier molecular flexibility index (Phi) is 4.28. The fraction of sp³-hybridized carbons (Fsp3) is 0.214. The van der Waals surface area contributed by atoms with Gasteiger partial charge >= 0.3 is 0 Å². The maximum Gasteiger partial charge on any atom is 0.123 e. The number of nitrogens with zero attached hydrogens (tertiary/aromatic N) is 1. The molecule has 0 fully saturated rings. The van der Waals surface area contributed by atoms with Crippen molar-refractivity contribution in [3.8, 4) is 0 Å². The zero-order valence-corrected chi connectivity index (χ0v) is 10.4. The smallest absolute Gasteiger partial charge is 0.123 e. The van der Waals surface area contributed by atoms with Gasteiger partial charge in [0, 0.05) is 23.8 Å². The monoisotopic (exact) mass is 265 g/mol. The van der Waals surface area contributed by atoms with E-state index in [0.717, 1.165) is 5.56 Å². The van der Waals surface area contributed by atoms with Crippen molar-refractivity contribution >= 4 is 11.6 Å². The third-order valence-corrected chi connectivity index (χ3v) is 3.05. The summed E-state index contributed by atoms with van der Waals surface area (Å²) in [6, 6.07) is 7.86. The largest absolute Gasteiger partial charge is 0.392 e. The second-order valence-electron chi connectivity index (χ2n) is 4.15. The van der Waals surface area contributed by atoms with Gasteiger partial charge in [-0.15, -0.1) is 0 Å². The molecule has 0 spiro atoms. The molecule has 2 aromatic rings. The van der Waals surface area contributed by atoms with Crippen LogP contribution in [0.4, 0.5) is 4.39 Å². The molecule has 2 nitrogen and oxygen atoms in total. The molecule has 0 saturated carbocycles. The molecule has 1 N–H and O–H groups in total. The standard InChI is InChI=1S/C14H13ClFNO/c15-14-2-1-12(16)8-11(14)9-13(18)7-10-3-5-17-6-4-10/h1-6,8,13,18H,7,9H2. The summed E-state index contributed by atoms with van der Waals surface area (Å²) in [6.45, 7) is 0. The highest BCUT2D eigenvalue weighted by Crippen LogP contribution is 2.19. The summed E-state index contributed by atoms with van der Waals surface area (Å²) in [6.07, 6.45) is 3.59. The summed E-state index contributed by atoms with van der Waals surface area (Å²) in [7, 11) is 0. The molecule has 0 aliphatic rings. The Morgan fingerprint density at radius 2 is 1.89 bits per heavy atom. The van der Waals surface area contributed by atoms with E-state index in [1.807, 2.05) is 12.1 Å². The Morgan fingerprint density at radius 1 is 1.17 bits per heavy atom. The summed E-state index contributed by atoms with van der Waals surface area (Å²) >= 11 is 5.96. The molecule has 18 heavy (non-hydrogen) atoms. The molecule has 94 valence electrons. The van der Waals surface area contributed by atoms with Gasteiger partial charge in [0.25, 0.3) is 0 Å². The van der Waals surface area contributed by atoms with Crippen LogP contribution in [0.1, 0.15) is 11.1 Å². The van der Waals surface area contributed by atoms with Crippen LogP contribution in [0.3, 0.4) is 0 Å². The number of aromatic nitrogens is 1. The molecule has 0 radical (unpaired) electrons. The number of halogens is 2. The molecule has 4 heteroatoms. The first-order chi connectivity index (χ1) is 8.65. The molecule has 0 aliphatic heterocycles. The summed E-state index contributed by atoms with van der Waals surface area (Å²) < 4.78 is 13.1. The van der Waals surface area contributed by atoms with Gasteiger partial charge in [-0.2, -0.15) is 0 Å². The molecule has 1 aromatic heterocycles. The summed E-state index contributed by atoms with van der Waals surface area (Å²) in [5.74, 6) is -0.342. The van der Waals surface area contributed by atoms with Gasteiger partial charge in [0.05, 0.1) is 6.10 Å². The van der Waals surface area contributed by atoms with E-state index in [0.29, 0.717) is 23.4 Å². The van der Waals surface area contributed by atoms with E-state index in [4.69, 9.17) is 11.6 Å². The molecule has 1 atom stereocenters. The summed E-state index contributed by atoms with van der Waals surface area (Å²) in [5, 5.41) is 10.4. The number of rotatable bonds is 4. The Morgan fingerprint density at radius 3 is 2.61 bits per heavy atom. The van der Waals surface area contributed by atoms with Crippen molar-refractivity contribution in [2.24, 2.45) is 0 Å². The normalized spacial score (nSPS) is 12.4. The van der Waals surface area contributed by atoms with Crippen molar-refractivity contribution in [1.82, 2.24) is 4.98 Å². The topological polar surface area (TPSA) is 33.1 Å². The predicted molar refractivity (Wildman–Crippen MR) is 69.1 cm³/mol. The van der Waals surface area contributed by atoms with Crippen LogP contribution in [0.5, 0.6) is 0 Å². The van der Waals surface area contributed by atoms with Gasteiger partial charge in [-0.25, -0.2) is 4.39 Å². The minimum absolute atomic E-state index is 0.332. The second-order valence-corrected chi connectivity index (χ2v) is 4.56. The quantitative estimate of drug-likeness (QED) is 0.922. The highest BCUT2D eigenvalue weighted by Gasteiger charge is 2.10. The van der Waals surface area contributed by atoms with Crippen molar-refractivity contribution in [1.29, 1.82) is 0 Å². The maximum absolute atomic E-state index is 13.1. The first-order valence-electron chi connectivity index (χ1n) is 5.66. The number of hydrogen-bond acceptors (Lipinski definition) is 2. The average molecular weight is 266 g/mol. The highest BCUT2D eigenvalue weighted by atomic mass is 35.5. The first-order valence-corrected chi connectivity index (χ1v) is 6.04. The second kappa shape index (κ2) is 5.94. The number of benzene rings is 1. The summed E-state index contributed by atoms with van der Waals surface area (Å²) in [5.41, 5.74) is 1.61. The van der Waals surface area contributed by atoms with Crippen LogP contribution in [0, 0.1) is 5.82 Å². The predicted octanol–water partition coefficient (Wildman–Crippen LogP) is 3.02. The molecule has 0 saturated heterocycles. The minimum Gasteiger partial charge on any atom is -0.392 e. The van der Waals surface area contributed by atoms with E-state index >= 15 is 0 Å². The number of aliphatic hydroxyl groups excluding tert-OH is 1. The molecule has 0 bridgehead atoms. The zero-order chi connectivity index (χ0) is 13.0. The van der Waals surface area contributed by atoms with Crippen LogP contribution in [-0.4, -0.2) is 16.2 Å². The van der Waals surface area contributed by atoms with Gasteiger partial charge in [0.1, 0.15) is 5.82 Å². The third-order valence-electron chi connectivity index (χ3n) is 2.68. The molecular formula is C14H13ClFNO. The molecule has 0 amide bonds. The maximum atomic E-state index is 13.1. The molecule has 0 aliphatic carbocycles. The molecular weight excluding hydrogens is 253 g/mol. The van der Waals surface area contributed by atoms with Gasteiger partial charge in [0.2, 0.25) is 0 Å². The summed E-state index contributed by atoms with van der Waals surface area (Å²) in [4.78, 5) is 3.91. The van der Waals surface area contributed by atoms with E-state index in [1.54, 1.807) is 12.4 Å². The van der Waals surface area contributed by atoms with E-state index < -0.39 is 6.10 Å². The van der Waals surface area contributed by atoms with Crippen LogP contribution < -0.4 is 0 Å². The van der Waals surface area contributed by atoms with E-state index in [2.05, 4.69) is 4.98 Å². The Bertz CT molecular complexity index is 518. The van der Waals surface area contributed by atoms with Gasteiger partial charge < -0.3 is 5.11 Å². The van der Waals surface area contributed by atoms with Crippen molar-refractivity contribution in [3.63, 3.8) is 0 Å². The lowest BCUT2D eigenvalue weighted by atomic mass is 10.0.